The lowest BCUT2D eigenvalue weighted by atomic mass is 10.0. The van der Waals surface area contributed by atoms with E-state index in [-0.39, 0.29) is 16.7 Å². The van der Waals surface area contributed by atoms with Gasteiger partial charge < -0.3 is 10.2 Å². The molecule has 2 aromatic carbocycles. The van der Waals surface area contributed by atoms with Gasteiger partial charge in [0.25, 0.3) is 0 Å². The number of phenols is 2. The summed E-state index contributed by atoms with van der Waals surface area (Å²) in [7, 11) is 0. The fraction of sp³-hybridized carbons (Fsp3) is 0. The Kier molecular flexibility index (Phi) is 3.57. The van der Waals surface area contributed by atoms with E-state index in [1.807, 2.05) is 24.3 Å². The molecule has 0 unspecified atom stereocenters. The molecule has 0 saturated carbocycles. The van der Waals surface area contributed by atoms with Crippen molar-refractivity contribution in [2.45, 2.75) is 0 Å². The number of aromatic hydroxyl groups is 2. The molecule has 0 bridgehead atoms. The number of benzene rings is 2. The van der Waals surface area contributed by atoms with E-state index < -0.39 is 11.5 Å². The van der Waals surface area contributed by atoms with Crippen LogP contribution in [0.2, 0.25) is 0 Å². The maximum Gasteiger partial charge on any atom is 0.176 e. The summed E-state index contributed by atoms with van der Waals surface area (Å²) in [5.41, 5.74) is 0.659. The summed E-state index contributed by atoms with van der Waals surface area (Å²) in [5, 5.41) is 37.2. The van der Waals surface area contributed by atoms with Gasteiger partial charge in [0.2, 0.25) is 0 Å². The highest BCUT2D eigenvalue weighted by atomic mass is 16.3. The molecule has 0 aliphatic heterocycles. The smallest absolute Gasteiger partial charge is 0.176 e. The van der Waals surface area contributed by atoms with Gasteiger partial charge in [-0.15, -0.1) is 0 Å². The van der Waals surface area contributed by atoms with E-state index in [2.05, 4.69) is 11.8 Å². The molecule has 0 fully saturated rings. The standard InChI is InChI=1S/C16H8N2O2/c17-9-12-8-15(19)16(20)14(10-18)13(12)7-6-11-4-2-1-3-5-11/h1-5,8,19-20H. The average molecular weight is 260 g/mol. The maximum absolute atomic E-state index is 9.65. The summed E-state index contributed by atoms with van der Waals surface area (Å²) < 4.78 is 0. The van der Waals surface area contributed by atoms with Crippen LogP contribution in [0.3, 0.4) is 0 Å². The van der Waals surface area contributed by atoms with E-state index in [0.29, 0.717) is 5.56 Å². The Morgan fingerprint density at radius 3 is 2.15 bits per heavy atom. The maximum atomic E-state index is 9.65. The van der Waals surface area contributed by atoms with Crippen LogP contribution >= 0.6 is 0 Å². The second kappa shape index (κ2) is 5.48. The largest absolute Gasteiger partial charge is 0.504 e. The van der Waals surface area contributed by atoms with Gasteiger partial charge in [-0.1, -0.05) is 30.0 Å². The van der Waals surface area contributed by atoms with E-state index >= 15 is 0 Å². The third-order valence-electron chi connectivity index (χ3n) is 2.62. The van der Waals surface area contributed by atoms with Crippen LogP contribution in [-0.2, 0) is 0 Å². The highest BCUT2D eigenvalue weighted by Gasteiger charge is 2.15. The highest BCUT2D eigenvalue weighted by Crippen LogP contribution is 2.33. The van der Waals surface area contributed by atoms with Crippen LogP contribution in [0.25, 0.3) is 0 Å². The van der Waals surface area contributed by atoms with Crippen LogP contribution in [0.15, 0.2) is 36.4 Å². The Labute approximate surface area is 115 Å². The van der Waals surface area contributed by atoms with Crippen LogP contribution in [-0.4, -0.2) is 10.2 Å². The number of hydrogen-bond donors (Lipinski definition) is 2. The predicted octanol–water partition coefficient (Wildman–Crippen LogP) is 2.24. The number of nitriles is 2. The van der Waals surface area contributed by atoms with Crippen LogP contribution in [0.1, 0.15) is 22.3 Å². The number of rotatable bonds is 0. The minimum absolute atomic E-state index is 0.0419. The molecule has 0 heterocycles. The summed E-state index contributed by atoms with van der Waals surface area (Å²) in [6.45, 7) is 0. The quantitative estimate of drug-likeness (QED) is 0.561. The lowest BCUT2D eigenvalue weighted by Crippen LogP contribution is -1.91. The monoisotopic (exact) mass is 260 g/mol. The number of phenolic OH excluding ortho intramolecular Hbond substituents is 2. The normalized spacial score (nSPS) is 8.90. The van der Waals surface area contributed by atoms with Crippen LogP contribution in [0.4, 0.5) is 0 Å². The first-order valence-corrected chi connectivity index (χ1v) is 5.63. The summed E-state index contributed by atoms with van der Waals surface area (Å²) in [6, 6.07) is 13.7. The topological polar surface area (TPSA) is 88.0 Å². The lowest BCUT2D eigenvalue weighted by molar-refractivity contribution is 0.402. The minimum Gasteiger partial charge on any atom is -0.504 e. The van der Waals surface area contributed by atoms with Crippen molar-refractivity contribution in [2.75, 3.05) is 0 Å². The molecule has 2 rings (SSSR count). The van der Waals surface area contributed by atoms with Crippen molar-refractivity contribution >= 4 is 0 Å². The number of nitrogens with zero attached hydrogens (tertiary/aromatic N) is 2. The first-order chi connectivity index (χ1) is 9.67. The van der Waals surface area contributed by atoms with Gasteiger partial charge >= 0.3 is 0 Å². The molecule has 20 heavy (non-hydrogen) atoms. The molecule has 4 nitrogen and oxygen atoms in total. The molecule has 0 aliphatic carbocycles. The van der Waals surface area contributed by atoms with Crippen molar-refractivity contribution < 1.29 is 10.2 Å². The first kappa shape index (κ1) is 13.0. The molecular formula is C16H8N2O2. The Morgan fingerprint density at radius 1 is 0.850 bits per heavy atom. The second-order valence-corrected chi connectivity index (χ2v) is 3.88. The van der Waals surface area contributed by atoms with Crippen molar-refractivity contribution in [1.29, 1.82) is 10.5 Å². The number of hydrogen-bond acceptors (Lipinski definition) is 4. The van der Waals surface area contributed by atoms with Gasteiger partial charge in [-0.3, -0.25) is 0 Å². The van der Waals surface area contributed by atoms with Crippen molar-refractivity contribution in [3.8, 4) is 35.5 Å². The Morgan fingerprint density at radius 2 is 1.55 bits per heavy atom. The Hall–Kier alpha value is -3.42. The van der Waals surface area contributed by atoms with Crippen molar-refractivity contribution in [3.63, 3.8) is 0 Å². The molecule has 0 spiro atoms. The molecule has 0 saturated heterocycles. The molecular weight excluding hydrogens is 252 g/mol. The second-order valence-electron chi connectivity index (χ2n) is 3.88. The van der Waals surface area contributed by atoms with Gasteiger partial charge in [-0.2, -0.15) is 10.5 Å². The molecule has 0 aromatic heterocycles. The zero-order valence-corrected chi connectivity index (χ0v) is 10.3. The molecule has 0 atom stereocenters. The van der Waals surface area contributed by atoms with Crippen LogP contribution in [0.5, 0.6) is 11.5 Å². The van der Waals surface area contributed by atoms with E-state index in [1.165, 1.54) is 0 Å². The third kappa shape index (κ3) is 2.38. The summed E-state index contributed by atoms with van der Waals surface area (Å²) in [4.78, 5) is 0. The van der Waals surface area contributed by atoms with Gasteiger partial charge in [0, 0.05) is 11.6 Å². The molecule has 2 aromatic rings. The molecule has 0 radical (unpaired) electrons. The van der Waals surface area contributed by atoms with E-state index in [9.17, 15) is 10.2 Å². The SMILES string of the molecule is N#Cc1cc(O)c(O)c(C#N)c1C#Cc1ccccc1. The fourth-order valence-corrected chi connectivity index (χ4v) is 1.64. The van der Waals surface area contributed by atoms with E-state index in [1.54, 1.807) is 18.2 Å². The van der Waals surface area contributed by atoms with Gasteiger partial charge in [-0.05, 0) is 12.1 Å². The molecule has 0 aliphatic rings. The van der Waals surface area contributed by atoms with Gasteiger partial charge in [-0.25, -0.2) is 0 Å². The highest BCUT2D eigenvalue weighted by molar-refractivity contribution is 5.67. The van der Waals surface area contributed by atoms with Gasteiger partial charge in [0.1, 0.15) is 17.7 Å². The van der Waals surface area contributed by atoms with Crippen LogP contribution in [0, 0.1) is 34.5 Å². The molecule has 4 heteroatoms. The molecule has 94 valence electrons. The van der Waals surface area contributed by atoms with Gasteiger partial charge in [0.15, 0.2) is 11.5 Å². The first-order valence-electron chi connectivity index (χ1n) is 5.63. The van der Waals surface area contributed by atoms with E-state index in [4.69, 9.17) is 10.5 Å². The van der Waals surface area contributed by atoms with Crippen molar-refractivity contribution in [3.05, 3.63) is 58.7 Å². The molecule has 0 amide bonds. The lowest BCUT2D eigenvalue weighted by Gasteiger charge is -2.04. The summed E-state index contributed by atoms with van der Waals surface area (Å²) in [6.07, 6.45) is 0. The Balaban J connectivity index is 2.64. The van der Waals surface area contributed by atoms with Crippen molar-refractivity contribution in [2.24, 2.45) is 0 Å². The minimum atomic E-state index is -0.566. The van der Waals surface area contributed by atoms with Gasteiger partial charge in [0.05, 0.1) is 11.1 Å². The summed E-state index contributed by atoms with van der Waals surface area (Å²) >= 11 is 0. The third-order valence-corrected chi connectivity index (χ3v) is 2.62. The van der Waals surface area contributed by atoms with Crippen molar-refractivity contribution in [1.82, 2.24) is 0 Å². The average Bonchev–Trinajstić information content (AvgIpc) is 2.49. The summed E-state index contributed by atoms with van der Waals surface area (Å²) in [5.74, 6) is 4.44. The van der Waals surface area contributed by atoms with E-state index in [0.717, 1.165) is 6.07 Å². The Bertz CT molecular complexity index is 801. The van der Waals surface area contributed by atoms with Crippen LogP contribution < -0.4 is 0 Å². The fourth-order valence-electron chi connectivity index (χ4n) is 1.64. The molecule has 2 N–H and O–H groups in total. The zero-order chi connectivity index (χ0) is 14.5. The zero-order valence-electron chi connectivity index (χ0n) is 10.3. The predicted molar refractivity (Wildman–Crippen MR) is 71.6 cm³/mol.